The summed E-state index contributed by atoms with van der Waals surface area (Å²) < 4.78 is 6.74. The van der Waals surface area contributed by atoms with Crippen LogP contribution in [0.2, 0.25) is 0 Å². The van der Waals surface area contributed by atoms with Crippen LogP contribution in [0.25, 0.3) is 11.3 Å². The molecular weight excluding hydrogens is 288 g/mol. The molecular formula is C19H22N2O2. The van der Waals surface area contributed by atoms with Crippen molar-refractivity contribution in [1.82, 2.24) is 4.57 Å². The van der Waals surface area contributed by atoms with Crippen molar-refractivity contribution >= 4 is 0 Å². The van der Waals surface area contributed by atoms with Crippen molar-refractivity contribution in [3.8, 4) is 17.3 Å². The smallest absolute Gasteiger partial charge is 0.268 e. The van der Waals surface area contributed by atoms with Crippen LogP contribution in [-0.4, -0.2) is 18.3 Å². The number of ether oxygens (including phenoxy) is 1. The molecule has 2 rings (SSSR count). The molecule has 0 radical (unpaired) electrons. The van der Waals surface area contributed by atoms with Gasteiger partial charge in [-0.1, -0.05) is 38.1 Å². The van der Waals surface area contributed by atoms with Crippen LogP contribution in [0.15, 0.2) is 41.2 Å². The molecule has 0 unspecified atom stereocenters. The highest BCUT2D eigenvalue weighted by atomic mass is 16.5. The Bertz CT molecular complexity index is 752. The van der Waals surface area contributed by atoms with Gasteiger partial charge in [0.05, 0.1) is 5.69 Å². The number of nitrogens with zero attached hydrogens (tertiary/aromatic N) is 2. The van der Waals surface area contributed by atoms with Crippen molar-refractivity contribution in [3.05, 3.63) is 57.9 Å². The van der Waals surface area contributed by atoms with Crippen molar-refractivity contribution in [1.29, 1.82) is 5.26 Å². The van der Waals surface area contributed by atoms with E-state index >= 15 is 0 Å². The molecule has 0 spiro atoms. The third-order valence-corrected chi connectivity index (χ3v) is 3.90. The van der Waals surface area contributed by atoms with E-state index in [1.165, 1.54) is 5.56 Å². The summed E-state index contributed by atoms with van der Waals surface area (Å²) >= 11 is 0. The lowest BCUT2D eigenvalue weighted by Gasteiger charge is -2.14. The average molecular weight is 310 g/mol. The lowest BCUT2D eigenvalue weighted by atomic mass is 10.0. The summed E-state index contributed by atoms with van der Waals surface area (Å²) in [5.74, 6) is 0.467. The van der Waals surface area contributed by atoms with Gasteiger partial charge in [0.15, 0.2) is 0 Å². The van der Waals surface area contributed by atoms with Gasteiger partial charge in [-0.05, 0) is 35.6 Å². The van der Waals surface area contributed by atoms with Gasteiger partial charge >= 0.3 is 0 Å². The number of pyridine rings is 1. The molecule has 23 heavy (non-hydrogen) atoms. The second-order valence-electron chi connectivity index (χ2n) is 5.82. The van der Waals surface area contributed by atoms with Gasteiger partial charge in [-0.2, -0.15) is 5.26 Å². The molecule has 0 N–H and O–H groups in total. The van der Waals surface area contributed by atoms with E-state index in [0.717, 1.165) is 17.7 Å². The number of methoxy groups -OCH3 is 1. The fourth-order valence-corrected chi connectivity index (χ4v) is 2.54. The van der Waals surface area contributed by atoms with Crippen LogP contribution in [-0.2, 0) is 11.3 Å². The first kappa shape index (κ1) is 17.0. The highest BCUT2D eigenvalue weighted by molar-refractivity contribution is 5.61. The molecule has 0 fully saturated rings. The third-order valence-electron chi connectivity index (χ3n) is 3.90. The zero-order valence-electron chi connectivity index (χ0n) is 13.9. The van der Waals surface area contributed by atoms with Crippen molar-refractivity contribution in [2.24, 2.45) is 0 Å². The summed E-state index contributed by atoms with van der Waals surface area (Å²) in [6.07, 6.45) is 0.725. The van der Waals surface area contributed by atoms with Crippen molar-refractivity contribution < 1.29 is 4.74 Å². The number of hydrogen-bond donors (Lipinski definition) is 0. The summed E-state index contributed by atoms with van der Waals surface area (Å²) in [7, 11) is 1.64. The normalized spacial score (nSPS) is 10.7. The van der Waals surface area contributed by atoms with E-state index in [0.29, 0.717) is 19.1 Å². The van der Waals surface area contributed by atoms with Gasteiger partial charge in [-0.3, -0.25) is 4.79 Å². The highest BCUT2D eigenvalue weighted by Crippen LogP contribution is 2.22. The summed E-state index contributed by atoms with van der Waals surface area (Å²) in [4.78, 5) is 12.5. The van der Waals surface area contributed by atoms with Crippen molar-refractivity contribution in [2.45, 2.75) is 32.7 Å². The summed E-state index contributed by atoms with van der Waals surface area (Å²) in [6, 6.07) is 13.6. The molecule has 4 heteroatoms. The van der Waals surface area contributed by atoms with Crippen LogP contribution in [0.1, 0.15) is 37.3 Å². The Morgan fingerprint density at radius 3 is 2.43 bits per heavy atom. The van der Waals surface area contributed by atoms with Crippen LogP contribution in [0.3, 0.4) is 0 Å². The highest BCUT2D eigenvalue weighted by Gasteiger charge is 2.10. The van der Waals surface area contributed by atoms with Gasteiger partial charge in [0.1, 0.15) is 11.6 Å². The van der Waals surface area contributed by atoms with Crippen LogP contribution in [0, 0.1) is 11.3 Å². The fourth-order valence-electron chi connectivity index (χ4n) is 2.54. The lowest BCUT2D eigenvalue weighted by molar-refractivity contribution is 0.190. The fraction of sp³-hybridized carbons (Fsp3) is 0.368. The van der Waals surface area contributed by atoms with Gasteiger partial charge in [-0.25, -0.2) is 0 Å². The predicted octanol–water partition coefficient (Wildman–Crippen LogP) is 3.55. The number of benzene rings is 1. The average Bonchev–Trinajstić information content (AvgIpc) is 2.56. The summed E-state index contributed by atoms with van der Waals surface area (Å²) in [5, 5.41) is 9.09. The van der Waals surface area contributed by atoms with E-state index in [1.807, 2.05) is 24.3 Å². The SMILES string of the molecule is COCCCn1c(-c2ccc(C(C)C)cc2)ccc(C#N)c1=O. The van der Waals surface area contributed by atoms with E-state index in [4.69, 9.17) is 10.00 Å². The second-order valence-corrected chi connectivity index (χ2v) is 5.82. The van der Waals surface area contributed by atoms with Crippen molar-refractivity contribution in [3.63, 3.8) is 0 Å². The molecule has 0 atom stereocenters. The zero-order valence-corrected chi connectivity index (χ0v) is 13.9. The Morgan fingerprint density at radius 2 is 1.87 bits per heavy atom. The Kier molecular flexibility index (Phi) is 5.72. The molecule has 120 valence electrons. The Balaban J connectivity index is 2.46. The van der Waals surface area contributed by atoms with Gasteiger partial charge in [0.25, 0.3) is 5.56 Å². The molecule has 2 aromatic rings. The second kappa shape index (κ2) is 7.75. The maximum atomic E-state index is 12.5. The van der Waals surface area contributed by atoms with E-state index < -0.39 is 0 Å². The Hall–Kier alpha value is -2.38. The number of rotatable bonds is 6. The minimum Gasteiger partial charge on any atom is -0.385 e. The summed E-state index contributed by atoms with van der Waals surface area (Å²) in [5.41, 5.74) is 3.00. The third kappa shape index (κ3) is 3.88. The molecule has 1 heterocycles. The zero-order chi connectivity index (χ0) is 16.8. The van der Waals surface area contributed by atoms with Gasteiger partial charge in [0.2, 0.25) is 0 Å². The molecule has 0 aliphatic carbocycles. The van der Waals surface area contributed by atoms with Crippen LogP contribution >= 0.6 is 0 Å². The molecule has 4 nitrogen and oxygen atoms in total. The van der Waals surface area contributed by atoms with E-state index in [1.54, 1.807) is 17.7 Å². The summed E-state index contributed by atoms with van der Waals surface area (Å²) in [6.45, 7) is 5.41. The Labute approximate surface area is 137 Å². The topological polar surface area (TPSA) is 55.0 Å². The minimum absolute atomic E-state index is 0.171. The molecule has 0 saturated heterocycles. The number of nitriles is 1. The Morgan fingerprint density at radius 1 is 1.17 bits per heavy atom. The predicted molar refractivity (Wildman–Crippen MR) is 91.4 cm³/mol. The van der Waals surface area contributed by atoms with Crippen LogP contribution < -0.4 is 5.56 Å². The number of aromatic nitrogens is 1. The first-order valence-corrected chi connectivity index (χ1v) is 7.81. The molecule has 1 aromatic heterocycles. The van der Waals surface area contributed by atoms with E-state index in [2.05, 4.69) is 26.0 Å². The van der Waals surface area contributed by atoms with Crippen LogP contribution in [0.4, 0.5) is 0 Å². The minimum atomic E-state index is -0.242. The van der Waals surface area contributed by atoms with Gasteiger partial charge < -0.3 is 9.30 Å². The molecule has 0 bridgehead atoms. The van der Waals surface area contributed by atoms with Gasteiger partial charge in [-0.15, -0.1) is 0 Å². The first-order valence-electron chi connectivity index (χ1n) is 7.81. The first-order chi connectivity index (χ1) is 11.1. The van der Waals surface area contributed by atoms with E-state index in [-0.39, 0.29) is 11.1 Å². The quantitative estimate of drug-likeness (QED) is 0.767. The molecule has 0 amide bonds. The van der Waals surface area contributed by atoms with Crippen molar-refractivity contribution in [2.75, 3.05) is 13.7 Å². The maximum Gasteiger partial charge on any atom is 0.268 e. The lowest BCUT2D eigenvalue weighted by Crippen LogP contribution is -2.24. The van der Waals surface area contributed by atoms with Crippen LogP contribution in [0.5, 0.6) is 0 Å². The molecule has 0 aliphatic rings. The van der Waals surface area contributed by atoms with E-state index in [9.17, 15) is 4.79 Å². The van der Waals surface area contributed by atoms with Gasteiger partial charge in [0, 0.05) is 20.3 Å². The molecule has 1 aromatic carbocycles. The molecule has 0 aliphatic heterocycles. The number of hydrogen-bond acceptors (Lipinski definition) is 3. The molecule has 0 saturated carbocycles. The largest absolute Gasteiger partial charge is 0.385 e. The monoisotopic (exact) mass is 310 g/mol. The maximum absolute atomic E-state index is 12.5. The standard InChI is InChI=1S/C19H22N2O2/c1-14(2)15-5-7-16(8-6-15)18-10-9-17(13-20)19(22)21(18)11-4-12-23-3/h5-10,14H,4,11-12H2,1-3H3.